The van der Waals surface area contributed by atoms with Crippen molar-refractivity contribution in [1.29, 1.82) is 0 Å². The molecule has 0 spiro atoms. The highest BCUT2D eigenvalue weighted by Gasteiger charge is 2.21. The molecular formula is C20H23N5O2. The van der Waals surface area contributed by atoms with Gasteiger partial charge in [0, 0.05) is 55.4 Å². The molecule has 7 nitrogen and oxygen atoms in total. The van der Waals surface area contributed by atoms with Crippen molar-refractivity contribution in [2.24, 2.45) is 0 Å². The van der Waals surface area contributed by atoms with Crippen LogP contribution >= 0.6 is 0 Å². The maximum Gasteiger partial charge on any atom is 0.180 e. The maximum absolute atomic E-state index is 5.35. The molecule has 0 saturated carbocycles. The molecule has 1 fully saturated rings. The second-order valence-corrected chi connectivity index (χ2v) is 6.58. The Kier molecular flexibility index (Phi) is 4.91. The Morgan fingerprint density at radius 3 is 2.37 bits per heavy atom. The third-order valence-electron chi connectivity index (χ3n) is 4.86. The number of pyridine rings is 1. The van der Waals surface area contributed by atoms with Crippen LogP contribution in [0.4, 0.5) is 11.5 Å². The predicted molar refractivity (Wildman–Crippen MR) is 106 cm³/mol. The summed E-state index contributed by atoms with van der Waals surface area (Å²) in [6, 6.07) is 10.3. The number of nitrogens with zero attached hydrogens (tertiary/aromatic N) is 4. The van der Waals surface area contributed by atoms with E-state index in [2.05, 4.69) is 25.2 Å². The molecule has 4 rings (SSSR count). The van der Waals surface area contributed by atoms with Crippen LogP contribution < -0.4 is 19.7 Å². The summed E-state index contributed by atoms with van der Waals surface area (Å²) in [5, 5.41) is 3.60. The molecule has 140 valence electrons. The van der Waals surface area contributed by atoms with Crippen LogP contribution in [0.5, 0.6) is 11.5 Å². The summed E-state index contributed by atoms with van der Waals surface area (Å²) in [6.07, 6.45) is 5.42. The molecule has 1 saturated heterocycles. The first-order chi connectivity index (χ1) is 13.2. The monoisotopic (exact) mass is 365 g/mol. The smallest absolute Gasteiger partial charge is 0.180 e. The Hall–Kier alpha value is -3.09. The van der Waals surface area contributed by atoms with Gasteiger partial charge in [-0.2, -0.15) is 0 Å². The summed E-state index contributed by atoms with van der Waals surface area (Å²) in [5.74, 6) is 2.54. The van der Waals surface area contributed by atoms with Crippen LogP contribution in [0.2, 0.25) is 0 Å². The van der Waals surface area contributed by atoms with Gasteiger partial charge >= 0.3 is 0 Å². The molecule has 3 aromatic rings. The highest BCUT2D eigenvalue weighted by Crippen LogP contribution is 2.28. The zero-order chi connectivity index (χ0) is 18.6. The highest BCUT2D eigenvalue weighted by atomic mass is 16.5. The number of aromatic nitrogens is 3. The molecular weight excluding hydrogens is 342 g/mol. The molecule has 0 radical (unpaired) electrons. The largest absolute Gasteiger partial charge is 0.497 e. The van der Waals surface area contributed by atoms with E-state index in [1.165, 1.54) is 0 Å². The van der Waals surface area contributed by atoms with E-state index in [-0.39, 0.29) is 0 Å². The Balaban J connectivity index is 1.41. The molecule has 0 bridgehead atoms. The average Bonchev–Trinajstić information content (AvgIpc) is 2.73. The minimum absolute atomic E-state index is 0.401. The number of benzene rings is 1. The lowest BCUT2D eigenvalue weighted by molar-refractivity contribution is 0.394. The zero-order valence-corrected chi connectivity index (χ0v) is 15.6. The van der Waals surface area contributed by atoms with Gasteiger partial charge in [-0.3, -0.25) is 4.98 Å². The minimum atomic E-state index is 0.401. The SMILES string of the molecule is COc1cc(NC2CCN(c3ccc4nccnc4n3)CC2)cc(OC)c1. The highest BCUT2D eigenvalue weighted by molar-refractivity contribution is 5.71. The van der Waals surface area contributed by atoms with E-state index in [0.717, 1.165) is 54.5 Å². The summed E-state index contributed by atoms with van der Waals surface area (Å²) in [5.41, 5.74) is 2.53. The van der Waals surface area contributed by atoms with Crippen molar-refractivity contribution >= 4 is 22.7 Å². The van der Waals surface area contributed by atoms with Gasteiger partial charge in [0.1, 0.15) is 22.8 Å². The number of piperidine rings is 1. The molecule has 0 atom stereocenters. The second kappa shape index (κ2) is 7.65. The Morgan fingerprint density at radius 2 is 1.67 bits per heavy atom. The number of fused-ring (bicyclic) bond motifs is 1. The minimum Gasteiger partial charge on any atom is -0.497 e. The number of hydrogen-bond donors (Lipinski definition) is 1. The summed E-state index contributed by atoms with van der Waals surface area (Å²) in [4.78, 5) is 15.5. The van der Waals surface area contributed by atoms with Gasteiger partial charge < -0.3 is 19.7 Å². The fourth-order valence-corrected chi connectivity index (χ4v) is 3.40. The van der Waals surface area contributed by atoms with Gasteiger partial charge in [-0.25, -0.2) is 9.97 Å². The quantitative estimate of drug-likeness (QED) is 0.745. The molecule has 0 amide bonds. The van der Waals surface area contributed by atoms with Gasteiger partial charge in [-0.05, 0) is 25.0 Å². The summed E-state index contributed by atoms with van der Waals surface area (Å²) < 4.78 is 10.7. The number of rotatable bonds is 5. The molecule has 7 heteroatoms. The fourth-order valence-electron chi connectivity index (χ4n) is 3.40. The molecule has 1 aliphatic rings. The van der Waals surface area contributed by atoms with E-state index >= 15 is 0 Å². The van der Waals surface area contributed by atoms with Crippen LogP contribution in [-0.2, 0) is 0 Å². The Morgan fingerprint density at radius 1 is 0.963 bits per heavy atom. The van der Waals surface area contributed by atoms with Crippen molar-refractivity contribution in [3.63, 3.8) is 0 Å². The number of hydrogen-bond acceptors (Lipinski definition) is 7. The van der Waals surface area contributed by atoms with Gasteiger partial charge in [0.15, 0.2) is 5.65 Å². The number of methoxy groups -OCH3 is 2. The topological polar surface area (TPSA) is 72.4 Å². The van der Waals surface area contributed by atoms with Crippen LogP contribution in [0, 0.1) is 0 Å². The van der Waals surface area contributed by atoms with Crippen molar-refractivity contribution < 1.29 is 9.47 Å². The summed E-state index contributed by atoms with van der Waals surface area (Å²) >= 11 is 0. The molecule has 0 aliphatic carbocycles. The molecule has 1 aliphatic heterocycles. The number of nitrogens with one attached hydrogen (secondary N) is 1. The lowest BCUT2D eigenvalue weighted by atomic mass is 10.0. The van der Waals surface area contributed by atoms with Gasteiger partial charge in [-0.15, -0.1) is 0 Å². The van der Waals surface area contributed by atoms with E-state index in [1.807, 2.05) is 30.3 Å². The van der Waals surface area contributed by atoms with Crippen LogP contribution in [0.25, 0.3) is 11.2 Å². The Labute approximate surface area is 158 Å². The van der Waals surface area contributed by atoms with Crippen LogP contribution in [0.15, 0.2) is 42.7 Å². The maximum atomic E-state index is 5.35. The lowest BCUT2D eigenvalue weighted by Crippen LogP contribution is -2.39. The van der Waals surface area contributed by atoms with Crippen molar-refractivity contribution in [3.8, 4) is 11.5 Å². The van der Waals surface area contributed by atoms with Crippen LogP contribution in [0.3, 0.4) is 0 Å². The van der Waals surface area contributed by atoms with Crippen LogP contribution in [0.1, 0.15) is 12.8 Å². The van der Waals surface area contributed by atoms with Crippen molar-refractivity contribution in [2.45, 2.75) is 18.9 Å². The average molecular weight is 365 g/mol. The van der Waals surface area contributed by atoms with Crippen molar-refractivity contribution in [1.82, 2.24) is 15.0 Å². The van der Waals surface area contributed by atoms with E-state index in [0.29, 0.717) is 11.7 Å². The van der Waals surface area contributed by atoms with E-state index in [1.54, 1.807) is 26.6 Å². The Bertz CT molecular complexity index is 903. The second-order valence-electron chi connectivity index (χ2n) is 6.58. The lowest BCUT2D eigenvalue weighted by Gasteiger charge is -2.33. The van der Waals surface area contributed by atoms with E-state index < -0.39 is 0 Å². The first kappa shape index (κ1) is 17.3. The number of ether oxygens (including phenoxy) is 2. The third-order valence-corrected chi connectivity index (χ3v) is 4.86. The fraction of sp³-hybridized carbons (Fsp3) is 0.350. The van der Waals surface area contributed by atoms with E-state index in [4.69, 9.17) is 9.47 Å². The molecule has 1 N–H and O–H groups in total. The third kappa shape index (κ3) is 3.86. The summed E-state index contributed by atoms with van der Waals surface area (Å²) in [6.45, 7) is 1.88. The molecule has 3 heterocycles. The molecule has 0 unspecified atom stereocenters. The van der Waals surface area contributed by atoms with E-state index in [9.17, 15) is 0 Å². The molecule has 2 aromatic heterocycles. The van der Waals surface area contributed by atoms with Gasteiger partial charge in [-0.1, -0.05) is 0 Å². The normalized spacial score (nSPS) is 15.0. The van der Waals surface area contributed by atoms with Crippen molar-refractivity contribution in [3.05, 3.63) is 42.7 Å². The first-order valence-corrected chi connectivity index (χ1v) is 9.07. The van der Waals surface area contributed by atoms with Gasteiger partial charge in [0.05, 0.1) is 14.2 Å². The van der Waals surface area contributed by atoms with Crippen LogP contribution in [-0.4, -0.2) is 48.3 Å². The first-order valence-electron chi connectivity index (χ1n) is 9.07. The van der Waals surface area contributed by atoms with Gasteiger partial charge in [0.2, 0.25) is 0 Å². The van der Waals surface area contributed by atoms with Gasteiger partial charge in [0.25, 0.3) is 0 Å². The molecule has 1 aromatic carbocycles. The summed E-state index contributed by atoms with van der Waals surface area (Å²) in [7, 11) is 3.33. The predicted octanol–water partition coefficient (Wildman–Crippen LogP) is 3.12. The number of anilines is 2. The van der Waals surface area contributed by atoms with Crippen molar-refractivity contribution in [2.75, 3.05) is 37.5 Å². The zero-order valence-electron chi connectivity index (χ0n) is 15.6. The standard InChI is InChI=1S/C20H23N5O2/c1-26-16-11-15(12-17(13-16)27-2)23-14-5-9-25(10-6-14)19-4-3-18-20(24-19)22-8-7-21-18/h3-4,7-8,11-14,23H,5-6,9-10H2,1-2H3. The molecule has 27 heavy (non-hydrogen) atoms.